The smallest absolute Gasteiger partial charge is 0.373 e. The average Bonchev–Trinajstić information content (AvgIpc) is 3.35. The lowest BCUT2D eigenvalue weighted by Gasteiger charge is -2.28. The van der Waals surface area contributed by atoms with Crippen LogP contribution >= 0.6 is 0 Å². The number of amides is 3. The monoisotopic (exact) mass is 411 g/mol. The third-order valence-electron chi connectivity index (χ3n) is 4.90. The van der Waals surface area contributed by atoms with E-state index in [9.17, 15) is 14.4 Å². The highest BCUT2D eigenvalue weighted by Crippen LogP contribution is 2.21. The Bertz CT molecular complexity index is 988. The zero-order valence-electron chi connectivity index (χ0n) is 16.4. The Morgan fingerprint density at radius 1 is 1.13 bits per heavy atom. The van der Waals surface area contributed by atoms with Gasteiger partial charge in [0.05, 0.1) is 26.9 Å². The van der Waals surface area contributed by atoms with Gasteiger partial charge in [-0.15, -0.1) is 0 Å². The molecule has 2 aromatic rings. The number of furan rings is 1. The van der Waals surface area contributed by atoms with Crippen molar-refractivity contribution >= 4 is 29.7 Å². The molecule has 4 rings (SSSR count). The van der Waals surface area contributed by atoms with E-state index in [1.165, 1.54) is 19.2 Å². The first-order chi connectivity index (χ1) is 14.5. The van der Waals surface area contributed by atoms with E-state index in [0.29, 0.717) is 19.0 Å². The Kier molecular flexibility index (Phi) is 5.53. The summed E-state index contributed by atoms with van der Waals surface area (Å²) in [5, 5.41) is 2.58. The molecule has 0 aliphatic carbocycles. The minimum atomic E-state index is -0.625. The number of methoxy groups -OCH3 is 1. The number of morpholine rings is 1. The van der Waals surface area contributed by atoms with Crippen LogP contribution in [0.3, 0.4) is 0 Å². The molecule has 1 aromatic heterocycles. The fraction of sp³-hybridized carbons (Fsp3) is 0.286. The number of rotatable bonds is 5. The second-order valence-corrected chi connectivity index (χ2v) is 6.83. The molecule has 0 atom stereocenters. The molecule has 0 saturated carbocycles. The Morgan fingerprint density at radius 2 is 1.87 bits per heavy atom. The van der Waals surface area contributed by atoms with Crippen molar-refractivity contribution < 1.29 is 28.3 Å². The van der Waals surface area contributed by atoms with E-state index in [2.05, 4.69) is 15.0 Å². The van der Waals surface area contributed by atoms with Crippen LogP contribution in [0.5, 0.6) is 0 Å². The molecule has 1 aromatic carbocycles. The Morgan fingerprint density at radius 3 is 2.57 bits per heavy atom. The van der Waals surface area contributed by atoms with E-state index in [1.54, 1.807) is 6.08 Å². The van der Waals surface area contributed by atoms with Gasteiger partial charge < -0.3 is 24.1 Å². The molecule has 156 valence electrons. The molecule has 2 saturated heterocycles. The summed E-state index contributed by atoms with van der Waals surface area (Å²) in [7, 11) is 1.24. The van der Waals surface area contributed by atoms with E-state index >= 15 is 0 Å². The second-order valence-electron chi connectivity index (χ2n) is 6.83. The second kappa shape index (κ2) is 8.42. The highest BCUT2D eigenvalue weighted by molar-refractivity contribution is 6.13. The number of hydrogen-bond acceptors (Lipinski definition) is 7. The van der Waals surface area contributed by atoms with Crippen molar-refractivity contribution in [2.24, 2.45) is 0 Å². The van der Waals surface area contributed by atoms with E-state index in [-0.39, 0.29) is 18.0 Å². The Labute approximate surface area is 172 Å². The van der Waals surface area contributed by atoms with Crippen LogP contribution in [0.4, 0.5) is 10.5 Å². The molecular weight excluding hydrogens is 390 g/mol. The van der Waals surface area contributed by atoms with E-state index in [4.69, 9.17) is 9.15 Å². The average molecular weight is 411 g/mol. The van der Waals surface area contributed by atoms with Gasteiger partial charge in [-0.25, -0.2) is 9.59 Å². The molecule has 2 aliphatic heterocycles. The maximum absolute atomic E-state index is 12.7. The zero-order chi connectivity index (χ0) is 21.1. The SMILES string of the molecule is COC(=O)c1ccc(CN2C(=O)NC(=Cc3ccc(N4CCOCC4)cc3)C2=O)o1. The molecule has 0 spiro atoms. The number of esters is 1. The number of ether oxygens (including phenoxy) is 2. The summed E-state index contributed by atoms with van der Waals surface area (Å²) in [6.45, 7) is 3.01. The molecule has 0 bridgehead atoms. The zero-order valence-corrected chi connectivity index (χ0v) is 16.4. The van der Waals surface area contributed by atoms with Gasteiger partial charge in [0.15, 0.2) is 0 Å². The van der Waals surface area contributed by atoms with Gasteiger partial charge in [-0.3, -0.25) is 9.69 Å². The largest absolute Gasteiger partial charge is 0.463 e. The summed E-state index contributed by atoms with van der Waals surface area (Å²) in [6.07, 6.45) is 1.63. The van der Waals surface area contributed by atoms with Crippen molar-refractivity contribution in [3.63, 3.8) is 0 Å². The van der Waals surface area contributed by atoms with Gasteiger partial charge in [-0.1, -0.05) is 12.1 Å². The van der Waals surface area contributed by atoms with Gasteiger partial charge in [0.1, 0.15) is 11.5 Å². The van der Waals surface area contributed by atoms with Gasteiger partial charge in [-0.2, -0.15) is 0 Å². The molecule has 3 amide bonds. The number of carbonyl (C=O) groups is 3. The van der Waals surface area contributed by atoms with Crippen molar-refractivity contribution in [3.05, 3.63) is 59.2 Å². The quantitative estimate of drug-likeness (QED) is 0.456. The van der Waals surface area contributed by atoms with Gasteiger partial charge in [0, 0.05) is 18.8 Å². The summed E-state index contributed by atoms with van der Waals surface area (Å²) in [5.74, 6) is -0.779. The van der Waals surface area contributed by atoms with Gasteiger partial charge in [0.25, 0.3) is 5.91 Å². The van der Waals surface area contributed by atoms with E-state index in [0.717, 1.165) is 29.2 Å². The molecule has 3 heterocycles. The normalized spacial score (nSPS) is 18.1. The lowest BCUT2D eigenvalue weighted by molar-refractivity contribution is -0.123. The highest BCUT2D eigenvalue weighted by Gasteiger charge is 2.34. The van der Waals surface area contributed by atoms with Gasteiger partial charge in [-0.05, 0) is 35.9 Å². The number of imide groups is 1. The number of urea groups is 1. The van der Waals surface area contributed by atoms with Crippen molar-refractivity contribution in [2.75, 3.05) is 38.3 Å². The summed E-state index contributed by atoms with van der Waals surface area (Å²) in [6, 6.07) is 10.2. The van der Waals surface area contributed by atoms with Gasteiger partial charge >= 0.3 is 12.0 Å². The maximum atomic E-state index is 12.7. The van der Waals surface area contributed by atoms with Crippen LogP contribution in [0.2, 0.25) is 0 Å². The number of benzene rings is 1. The van der Waals surface area contributed by atoms with Crippen LogP contribution in [0, 0.1) is 0 Å². The van der Waals surface area contributed by atoms with Crippen LogP contribution in [0.15, 0.2) is 46.5 Å². The Hall–Kier alpha value is -3.59. The summed E-state index contributed by atoms with van der Waals surface area (Å²) in [4.78, 5) is 39.6. The molecule has 9 nitrogen and oxygen atoms in total. The molecular formula is C21H21N3O6. The minimum Gasteiger partial charge on any atom is -0.463 e. The fourth-order valence-electron chi connectivity index (χ4n) is 3.31. The highest BCUT2D eigenvalue weighted by atomic mass is 16.5. The fourth-order valence-corrected chi connectivity index (χ4v) is 3.31. The number of hydrogen-bond donors (Lipinski definition) is 1. The van der Waals surface area contributed by atoms with Crippen molar-refractivity contribution in [1.82, 2.24) is 10.2 Å². The molecule has 0 radical (unpaired) electrons. The first-order valence-electron chi connectivity index (χ1n) is 9.49. The standard InChI is InChI=1S/C21H21N3O6/c1-28-20(26)18-7-6-16(30-18)13-24-19(25)17(22-21(24)27)12-14-2-4-15(5-3-14)23-8-10-29-11-9-23/h2-7,12H,8-11,13H2,1H3,(H,22,27). The molecule has 1 N–H and O–H groups in total. The summed E-state index contributed by atoms with van der Waals surface area (Å²) >= 11 is 0. The molecule has 9 heteroatoms. The predicted octanol–water partition coefficient (Wildman–Crippen LogP) is 2.00. The molecule has 0 unspecified atom stereocenters. The van der Waals surface area contributed by atoms with E-state index < -0.39 is 17.9 Å². The Balaban J connectivity index is 1.44. The number of anilines is 1. The summed E-state index contributed by atoms with van der Waals surface area (Å²) < 4.78 is 15.3. The summed E-state index contributed by atoms with van der Waals surface area (Å²) in [5.41, 5.74) is 2.06. The lowest BCUT2D eigenvalue weighted by atomic mass is 10.1. The first-order valence-corrected chi connectivity index (χ1v) is 9.49. The lowest BCUT2D eigenvalue weighted by Crippen LogP contribution is -2.36. The van der Waals surface area contributed by atoms with Crippen LogP contribution in [-0.4, -0.2) is 56.2 Å². The van der Waals surface area contributed by atoms with Crippen molar-refractivity contribution in [2.45, 2.75) is 6.54 Å². The molecule has 2 fully saturated rings. The predicted molar refractivity (Wildman–Crippen MR) is 107 cm³/mol. The van der Waals surface area contributed by atoms with E-state index in [1.807, 2.05) is 24.3 Å². The van der Waals surface area contributed by atoms with Crippen molar-refractivity contribution in [3.8, 4) is 0 Å². The maximum Gasteiger partial charge on any atom is 0.373 e. The van der Waals surface area contributed by atoms with Crippen LogP contribution in [-0.2, 0) is 20.8 Å². The van der Waals surface area contributed by atoms with Gasteiger partial charge in [0.2, 0.25) is 5.76 Å². The molecule has 2 aliphatic rings. The topological polar surface area (TPSA) is 101 Å². The van der Waals surface area contributed by atoms with Crippen LogP contribution in [0.25, 0.3) is 6.08 Å². The number of nitrogens with zero attached hydrogens (tertiary/aromatic N) is 2. The van der Waals surface area contributed by atoms with Crippen molar-refractivity contribution in [1.29, 1.82) is 0 Å². The minimum absolute atomic E-state index is 0.00989. The third-order valence-corrected chi connectivity index (χ3v) is 4.90. The molecule has 30 heavy (non-hydrogen) atoms. The van der Waals surface area contributed by atoms with Crippen LogP contribution in [0.1, 0.15) is 21.9 Å². The third kappa shape index (κ3) is 4.06. The number of nitrogens with one attached hydrogen (secondary N) is 1. The van der Waals surface area contributed by atoms with Crippen LogP contribution < -0.4 is 10.2 Å². The first kappa shape index (κ1) is 19.7. The number of carbonyl (C=O) groups excluding carboxylic acids is 3.